The van der Waals surface area contributed by atoms with Crippen molar-refractivity contribution in [3.05, 3.63) is 47.5 Å². The van der Waals surface area contributed by atoms with Gasteiger partial charge in [0.15, 0.2) is 11.8 Å². The van der Waals surface area contributed by atoms with E-state index in [4.69, 9.17) is 4.99 Å². The Morgan fingerprint density at radius 1 is 1.19 bits per heavy atom. The first kappa shape index (κ1) is 20.7. The van der Waals surface area contributed by atoms with Gasteiger partial charge in [-0.3, -0.25) is 0 Å². The first-order valence-corrected chi connectivity index (χ1v) is 9.22. The van der Waals surface area contributed by atoms with Crippen molar-refractivity contribution in [2.75, 3.05) is 13.6 Å². The molecule has 0 spiro atoms. The standard InChI is InChI=1S/C19H28N6.HI/c1-3-20-19(24(2)15-16-10-6-4-7-11-16)21-14-18-23-22-17-12-8-5-9-13-25(17)18;/h4,6-7,10-11H,3,5,8-9,12-15H2,1-2H3,(H,20,21);1H. The summed E-state index contributed by atoms with van der Waals surface area (Å²) in [7, 11) is 2.07. The van der Waals surface area contributed by atoms with Crippen LogP contribution in [0.2, 0.25) is 0 Å². The lowest BCUT2D eigenvalue weighted by atomic mass is 10.2. The molecule has 1 aromatic heterocycles. The SMILES string of the molecule is CCNC(=NCc1nnc2n1CCCCC2)N(C)Cc1ccccc1.I. The molecule has 2 heterocycles. The van der Waals surface area contributed by atoms with E-state index in [1.807, 2.05) is 6.07 Å². The monoisotopic (exact) mass is 468 g/mol. The van der Waals surface area contributed by atoms with Crippen LogP contribution in [0.1, 0.15) is 43.4 Å². The molecule has 2 aromatic rings. The molecule has 0 bridgehead atoms. The van der Waals surface area contributed by atoms with Crippen molar-refractivity contribution in [1.29, 1.82) is 0 Å². The zero-order chi connectivity index (χ0) is 17.5. The van der Waals surface area contributed by atoms with E-state index >= 15 is 0 Å². The smallest absolute Gasteiger partial charge is 0.194 e. The summed E-state index contributed by atoms with van der Waals surface area (Å²) in [6.45, 7) is 5.34. The fourth-order valence-corrected chi connectivity index (χ4v) is 3.21. The highest BCUT2D eigenvalue weighted by Gasteiger charge is 2.15. The average molecular weight is 468 g/mol. The lowest BCUT2D eigenvalue weighted by Crippen LogP contribution is -2.38. The molecule has 1 N–H and O–H groups in total. The van der Waals surface area contributed by atoms with Gasteiger partial charge in [-0.25, -0.2) is 4.99 Å². The van der Waals surface area contributed by atoms with Crippen molar-refractivity contribution in [3.8, 4) is 0 Å². The van der Waals surface area contributed by atoms with Gasteiger partial charge in [-0.1, -0.05) is 36.8 Å². The first-order chi connectivity index (χ1) is 12.3. The molecule has 0 radical (unpaired) electrons. The van der Waals surface area contributed by atoms with Crippen molar-refractivity contribution in [2.24, 2.45) is 4.99 Å². The molecule has 0 unspecified atom stereocenters. The molecule has 0 aliphatic carbocycles. The molecular weight excluding hydrogens is 439 g/mol. The summed E-state index contributed by atoms with van der Waals surface area (Å²) in [5.74, 6) is 2.99. The van der Waals surface area contributed by atoms with Gasteiger partial charge in [-0.2, -0.15) is 0 Å². The maximum Gasteiger partial charge on any atom is 0.194 e. The molecule has 0 fully saturated rings. The molecule has 0 saturated carbocycles. The predicted octanol–water partition coefficient (Wildman–Crippen LogP) is 3.22. The number of hydrogen-bond acceptors (Lipinski definition) is 3. The number of guanidine groups is 1. The highest BCUT2D eigenvalue weighted by molar-refractivity contribution is 14.0. The summed E-state index contributed by atoms with van der Waals surface area (Å²) < 4.78 is 2.26. The fourth-order valence-electron chi connectivity index (χ4n) is 3.21. The lowest BCUT2D eigenvalue weighted by Gasteiger charge is -2.22. The van der Waals surface area contributed by atoms with E-state index in [2.05, 4.69) is 63.2 Å². The zero-order valence-corrected chi connectivity index (χ0v) is 18.0. The van der Waals surface area contributed by atoms with E-state index in [9.17, 15) is 0 Å². The molecule has 7 heteroatoms. The van der Waals surface area contributed by atoms with Gasteiger partial charge in [0.05, 0.1) is 0 Å². The van der Waals surface area contributed by atoms with Crippen LogP contribution in [-0.4, -0.2) is 39.2 Å². The Hall–Kier alpha value is -1.64. The van der Waals surface area contributed by atoms with Gasteiger partial charge in [-0.05, 0) is 25.3 Å². The Labute approximate surface area is 173 Å². The summed E-state index contributed by atoms with van der Waals surface area (Å²) in [4.78, 5) is 6.95. The third kappa shape index (κ3) is 5.43. The van der Waals surface area contributed by atoms with Crippen LogP contribution in [0, 0.1) is 0 Å². The van der Waals surface area contributed by atoms with E-state index in [0.29, 0.717) is 6.54 Å². The van der Waals surface area contributed by atoms with Crippen LogP contribution in [0.3, 0.4) is 0 Å². The van der Waals surface area contributed by atoms with Gasteiger partial charge < -0.3 is 14.8 Å². The van der Waals surface area contributed by atoms with E-state index in [1.54, 1.807) is 0 Å². The van der Waals surface area contributed by atoms with Crippen molar-refractivity contribution >= 4 is 29.9 Å². The topological polar surface area (TPSA) is 58.3 Å². The van der Waals surface area contributed by atoms with Gasteiger partial charge >= 0.3 is 0 Å². The Morgan fingerprint density at radius 3 is 2.77 bits per heavy atom. The van der Waals surface area contributed by atoms with Crippen molar-refractivity contribution in [1.82, 2.24) is 25.0 Å². The van der Waals surface area contributed by atoms with Gasteiger partial charge in [-0.15, -0.1) is 34.2 Å². The van der Waals surface area contributed by atoms with Crippen molar-refractivity contribution < 1.29 is 0 Å². The summed E-state index contributed by atoms with van der Waals surface area (Å²) in [5, 5.41) is 12.1. The summed E-state index contributed by atoms with van der Waals surface area (Å²) in [5.41, 5.74) is 1.27. The summed E-state index contributed by atoms with van der Waals surface area (Å²) >= 11 is 0. The van der Waals surface area contributed by atoms with Crippen molar-refractivity contribution in [2.45, 2.75) is 52.2 Å². The number of hydrogen-bond donors (Lipinski definition) is 1. The normalized spacial score (nSPS) is 14.2. The van der Waals surface area contributed by atoms with Crippen LogP contribution >= 0.6 is 24.0 Å². The minimum absolute atomic E-state index is 0. The Balaban J connectivity index is 0.00000243. The van der Waals surface area contributed by atoms with Gasteiger partial charge in [0, 0.05) is 33.1 Å². The summed E-state index contributed by atoms with van der Waals surface area (Å²) in [6.07, 6.45) is 4.72. The molecule has 142 valence electrons. The van der Waals surface area contributed by atoms with Crippen LogP contribution in [0.5, 0.6) is 0 Å². The second kappa shape index (κ2) is 10.5. The van der Waals surface area contributed by atoms with E-state index < -0.39 is 0 Å². The van der Waals surface area contributed by atoms with Crippen LogP contribution in [0.4, 0.5) is 0 Å². The number of aromatic nitrogens is 3. The van der Waals surface area contributed by atoms with E-state index in [1.165, 1.54) is 24.8 Å². The second-order valence-electron chi connectivity index (χ2n) is 6.51. The molecule has 3 rings (SSSR count). The highest BCUT2D eigenvalue weighted by atomic mass is 127. The maximum absolute atomic E-state index is 4.80. The van der Waals surface area contributed by atoms with Crippen LogP contribution in [0.15, 0.2) is 35.3 Å². The quantitative estimate of drug-likeness (QED) is 0.416. The predicted molar refractivity (Wildman–Crippen MR) is 116 cm³/mol. The minimum Gasteiger partial charge on any atom is -0.357 e. The van der Waals surface area contributed by atoms with Gasteiger partial charge in [0.1, 0.15) is 12.4 Å². The molecule has 1 aliphatic heterocycles. The van der Waals surface area contributed by atoms with Crippen molar-refractivity contribution in [3.63, 3.8) is 0 Å². The van der Waals surface area contributed by atoms with Gasteiger partial charge in [0.2, 0.25) is 0 Å². The van der Waals surface area contributed by atoms with Crippen LogP contribution in [0.25, 0.3) is 0 Å². The molecule has 0 atom stereocenters. The fraction of sp³-hybridized carbons (Fsp3) is 0.526. The molecule has 6 nitrogen and oxygen atoms in total. The van der Waals surface area contributed by atoms with Crippen LogP contribution < -0.4 is 5.32 Å². The van der Waals surface area contributed by atoms with E-state index in [0.717, 1.165) is 43.7 Å². The molecule has 0 amide bonds. The number of benzene rings is 1. The highest BCUT2D eigenvalue weighted by Crippen LogP contribution is 2.15. The molecular formula is C19H29IN6. The Kier molecular flexibility index (Phi) is 8.34. The van der Waals surface area contributed by atoms with Gasteiger partial charge in [0.25, 0.3) is 0 Å². The number of halogens is 1. The third-order valence-electron chi connectivity index (χ3n) is 4.52. The second-order valence-corrected chi connectivity index (χ2v) is 6.51. The molecule has 0 saturated heterocycles. The molecule has 1 aliphatic rings. The number of nitrogens with zero attached hydrogens (tertiary/aromatic N) is 5. The average Bonchev–Trinajstić information content (AvgIpc) is 2.86. The zero-order valence-electron chi connectivity index (χ0n) is 15.7. The number of rotatable bonds is 5. The largest absolute Gasteiger partial charge is 0.357 e. The number of aryl methyl sites for hydroxylation is 1. The Morgan fingerprint density at radius 2 is 2.00 bits per heavy atom. The molecule has 1 aromatic carbocycles. The number of nitrogens with one attached hydrogen (secondary N) is 1. The van der Waals surface area contributed by atoms with E-state index in [-0.39, 0.29) is 24.0 Å². The number of fused-ring (bicyclic) bond motifs is 1. The molecule has 26 heavy (non-hydrogen) atoms. The number of aliphatic imine (C=N–C) groups is 1. The van der Waals surface area contributed by atoms with Crippen LogP contribution in [-0.2, 0) is 26.1 Å². The maximum atomic E-state index is 4.80. The Bertz CT molecular complexity index is 697. The first-order valence-electron chi connectivity index (χ1n) is 9.22. The lowest BCUT2D eigenvalue weighted by molar-refractivity contribution is 0.475. The minimum atomic E-state index is 0. The summed E-state index contributed by atoms with van der Waals surface area (Å²) in [6, 6.07) is 10.5. The third-order valence-corrected chi connectivity index (χ3v) is 4.52.